The summed E-state index contributed by atoms with van der Waals surface area (Å²) >= 11 is 1.72. The van der Waals surface area contributed by atoms with Crippen molar-refractivity contribution in [3.63, 3.8) is 0 Å². The fraction of sp³-hybridized carbons (Fsp3) is 0.267. The SMILES string of the molecule is CC(=O)N1CCc2ccccc2C1c1cccs1. The van der Waals surface area contributed by atoms with Gasteiger partial charge in [0.05, 0.1) is 6.04 Å². The molecule has 2 nitrogen and oxygen atoms in total. The number of rotatable bonds is 1. The second-order valence-corrected chi connectivity index (χ2v) is 5.56. The van der Waals surface area contributed by atoms with Crippen molar-refractivity contribution < 1.29 is 4.79 Å². The maximum atomic E-state index is 11.8. The third-order valence-corrected chi connectivity index (χ3v) is 4.43. The van der Waals surface area contributed by atoms with Crippen molar-refractivity contribution in [1.82, 2.24) is 4.90 Å². The van der Waals surface area contributed by atoms with E-state index in [-0.39, 0.29) is 11.9 Å². The zero-order valence-corrected chi connectivity index (χ0v) is 11.1. The van der Waals surface area contributed by atoms with Gasteiger partial charge in [0.25, 0.3) is 0 Å². The summed E-state index contributed by atoms with van der Waals surface area (Å²) in [6, 6.07) is 12.7. The lowest BCUT2D eigenvalue weighted by Crippen LogP contribution is -2.38. The van der Waals surface area contributed by atoms with Gasteiger partial charge in [-0.05, 0) is 29.0 Å². The third-order valence-electron chi connectivity index (χ3n) is 3.50. The molecule has 3 heteroatoms. The summed E-state index contributed by atoms with van der Waals surface area (Å²) < 4.78 is 0. The molecule has 0 spiro atoms. The fourth-order valence-electron chi connectivity index (χ4n) is 2.66. The summed E-state index contributed by atoms with van der Waals surface area (Å²) in [5, 5.41) is 2.07. The number of benzene rings is 1. The lowest BCUT2D eigenvalue weighted by molar-refractivity contribution is -0.130. The van der Waals surface area contributed by atoms with Gasteiger partial charge in [-0.15, -0.1) is 11.3 Å². The summed E-state index contributed by atoms with van der Waals surface area (Å²) in [5.74, 6) is 0.155. The quantitative estimate of drug-likeness (QED) is 0.768. The van der Waals surface area contributed by atoms with E-state index in [0.29, 0.717) is 0 Å². The largest absolute Gasteiger partial charge is 0.331 e. The first-order chi connectivity index (χ1) is 8.77. The van der Waals surface area contributed by atoms with E-state index in [1.54, 1.807) is 18.3 Å². The van der Waals surface area contributed by atoms with Crippen LogP contribution in [0.2, 0.25) is 0 Å². The lowest BCUT2D eigenvalue weighted by atomic mass is 9.91. The number of hydrogen-bond donors (Lipinski definition) is 0. The number of hydrogen-bond acceptors (Lipinski definition) is 2. The van der Waals surface area contributed by atoms with E-state index in [1.165, 1.54) is 16.0 Å². The minimum Gasteiger partial charge on any atom is -0.331 e. The van der Waals surface area contributed by atoms with Crippen LogP contribution in [0.1, 0.15) is 29.0 Å². The Kier molecular flexibility index (Phi) is 2.92. The topological polar surface area (TPSA) is 20.3 Å². The zero-order chi connectivity index (χ0) is 12.5. The molecule has 0 radical (unpaired) electrons. The fourth-order valence-corrected chi connectivity index (χ4v) is 3.51. The molecule has 1 aliphatic heterocycles. The average molecular weight is 257 g/mol. The molecular weight excluding hydrogens is 242 g/mol. The van der Waals surface area contributed by atoms with Crippen molar-refractivity contribution in [3.8, 4) is 0 Å². The Labute approximate surface area is 111 Å². The Morgan fingerprint density at radius 2 is 2.11 bits per heavy atom. The van der Waals surface area contributed by atoms with E-state index in [9.17, 15) is 4.79 Å². The van der Waals surface area contributed by atoms with Crippen molar-refractivity contribution in [2.24, 2.45) is 0 Å². The van der Waals surface area contributed by atoms with Crippen LogP contribution in [0.15, 0.2) is 41.8 Å². The first-order valence-electron chi connectivity index (χ1n) is 6.16. The van der Waals surface area contributed by atoms with Crippen LogP contribution >= 0.6 is 11.3 Å². The highest BCUT2D eigenvalue weighted by atomic mass is 32.1. The zero-order valence-electron chi connectivity index (χ0n) is 10.3. The summed E-state index contributed by atoms with van der Waals surface area (Å²) in [6.45, 7) is 2.48. The van der Waals surface area contributed by atoms with Gasteiger partial charge in [-0.1, -0.05) is 30.3 Å². The predicted octanol–water partition coefficient (Wildman–Crippen LogP) is 3.24. The number of thiophene rings is 1. The molecule has 0 N–H and O–H groups in total. The second-order valence-electron chi connectivity index (χ2n) is 4.58. The van der Waals surface area contributed by atoms with Gasteiger partial charge in [-0.2, -0.15) is 0 Å². The van der Waals surface area contributed by atoms with Crippen LogP contribution in [0.3, 0.4) is 0 Å². The van der Waals surface area contributed by atoms with Crippen molar-refractivity contribution in [2.75, 3.05) is 6.54 Å². The molecule has 1 unspecified atom stereocenters. The van der Waals surface area contributed by atoms with Gasteiger partial charge in [0.2, 0.25) is 5.91 Å². The van der Waals surface area contributed by atoms with Gasteiger partial charge in [-0.25, -0.2) is 0 Å². The van der Waals surface area contributed by atoms with Crippen molar-refractivity contribution in [3.05, 3.63) is 57.8 Å². The number of carbonyl (C=O) groups is 1. The number of amides is 1. The van der Waals surface area contributed by atoms with Gasteiger partial charge < -0.3 is 4.90 Å². The van der Waals surface area contributed by atoms with Crippen LogP contribution in [-0.4, -0.2) is 17.4 Å². The maximum absolute atomic E-state index is 11.8. The molecule has 92 valence electrons. The van der Waals surface area contributed by atoms with Crippen LogP contribution in [0.25, 0.3) is 0 Å². The molecule has 1 aromatic heterocycles. The first kappa shape index (κ1) is 11.5. The Bertz CT molecular complexity index is 562. The van der Waals surface area contributed by atoms with Crippen molar-refractivity contribution in [2.45, 2.75) is 19.4 Å². The average Bonchev–Trinajstić information content (AvgIpc) is 2.90. The molecule has 1 amide bonds. The highest BCUT2D eigenvalue weighted by molar-refractivity contribution is 7.10. The molecule has 0 fully saturated rings. The van der Waals surface area contributed by atoms with Crippen molar-refractivity contribution >= 4 is 17.2 Å². The van der Waals surface area contributed by atoms with Crippen LogP contribution in [-0.2, 0) is 11.2 Å². The normalized spacial score (nSPS) is 18.5. The highest BCUT2D eigenvalue weighted by Gasteiger charge is 2.30. The molecule has 2 heterocycles. The molecule has 0 saturated carbocycles. The number of carbonyl (C=O) groups excluding carboxylic acids is 1. The van der Waals surface area contributed by atoms with Gasteiger partial charge in [0.15, 0.2) is 0 Å². The second kappa shape index (κ2) is 4.58. The number of nitrogens with zero attached hydrogens (tertiary/aromatic N) is 1. The van der Waals surface area contributed by atoms with Gasteiger partial charge >= 0.3 is 0 Å². The molecule has 0 bridgehead atoms. The van der Waals surface area contributed by atoms with Gasteiger partial charge in [0.1, 0.15) is 0 Å². The monoisotopic (exact) mass is 257 g/mol. The lowest BCUT2D eigenvalue weighted by Gasteiger charge is -2.36. The van der Waals surface area contributed by atoms with Crippen LogP contribution < -0.4 is 0 Å². The Morgan fingerprint density at radius 3 is 2.83 bits per heavy atom. The summed E-state index contributed by atoms with van der Waals surface area (Å²) in [4.78, 5) is 15.1. The van der Waals surface area contributed by atoms with Crippen molar-refractivity contribution in [1.29, 1.82) is 0 Å². The highest BCUT2D eigenvalue weighted by Crippen LogP contribution is 2.36. The smallest absolute Gasteiger partial charge is 0.220 e. The van der Waals surface area contributed by atoms with Gasteiger partial charge in [-0.3, -0.25) is 4.79 Å². The Hall–Kier alpha value is -1.61. The Morgan fingerprint density at radius 1 is 1.28 bits per heavy atom. The summed E-state index contributed by atoms with van der Waals surface area (Å²) in [7, 11) is 0. The molecule has 1 aliphatic rings. The minimum atomic E-state index is 0.104. The van der Waals surface area contributed by atoms with E-state index in [2.05, 4.69) is 41.8 Å². The molecule has 0 aliphatic carbocycles. The maximum Gasteiger partial charge on any atom is 0.220 e. The van der Waals surface area contributed by atoms with Crippen LogP contribution in [0.5, 0.6) is 0 Å². The molecule has 3 rings (SSSR count). The summed E-state index contributed by atoms with van der Waals surface area (Å²) in [5.41, 5.74) is 2.65. The molecule has 0 saturated heterocycles. The summed E-state index contributed by atoms with van der Waals surface area (Å²) in [6.07, 6.45) is 0.956. The van der Waals surface area contributed by atoms with Crippen LogP contribution in [0.4, 0.5) is 0 Å². The molecule has 2 aromatic rings. The molecular formula is C15H15NOS. The van der Waals surface area contributed by atoms with E-state index in [4.69, 9.17) is 0 Å². The van der Waals surface area contributed by atoms with E-state index in [0.717, 1.165) is 13.0 Å². The van der Waals surface area contributed by atoms with E-state index in [1.807, 2.05) is 4.90 Å². The van der Waals surface area contributed by atoms with E-state index < -0.39 is 0 Å². The van der Waals surface area contributed by atoms with E-state index >= 15 is 0 Å². The first-order valence-corrected chi connectivity index (χ1v) is 7.04. The Balaban J connectivity index is 2.12. The molecule has 18 heavy (non-hydrogen) atoms. The number of fused-ring (bicyclic) bond motifs is 1. The standard InChI is InChI=1S/C15H15NOS/c1-11(17)16-9-8-12-5-2-3-6-13(12)15(16)14-7-4-10-18-14/h2-7,10,15H,8-9H2,1H3. The molecule has 1 atom stereocenters. The minimum absolute atomic E-state index is 0.104. The van der Waals surface area contributed by atoms with Gasteiger partial charge in [0, 0.05) is 18.3 Å². The third kappa shape index (κ3) is 1.85. The van der Waals surface area contributed by atoms with Crippen LogP contribution in [0, 0.1) is 0 Å². The molecule has 1 aromatic carbocycles. The predicted molar refractivity (Wildman–Crippen MR) is 73.7 cm³/mol.